The molecule has 0 aliphatic rings. The Kier molecular flexibility index (Phi) is 9.29. The summed E-state index contributed by atoms with van der Waals surface area (Å²) in [6.07, 6.45) is 2.96. The molecule has 0 bridgehead atoms. The fourth-order valence-electron chi connectivity index (χ4n) is 3.32. The number of hydrogen-bond acceptors (Lipinski definition) is 4. The summed E-state index contributed by atoms with van der Waals surface area (Å²) in [5, 5.41) is 11.3. The normalized spacial score (nSPS) is 11.5. The number of guanidine groups is 1. The Morgan fingerprint density at radius 1 is 1.27 bits per heavy atom. The number of thiazole rings is 1. The van der Waals surface area contributed by atoms with Crippen LogP contribution >= 0.6 is 35.3 Å². The first-order valence-corrected chi connectivity index (χ1v) is 10.8. The molecular formula is C22H31IN6S. The maximum Gasteiger partial charge on any atom is 0.193 e. The van der Waals surface area contributed by atoms with Crippen molar-refractivity contribution in [3.8, 4) is 10.6 Å². The third kappa shape index (κ3) is 6.28. The van der Waals surface area contributed by atoms with E-state index in [-0.39, 0.29) is 24.0 Å². The van der Waals surface area contributed by atoms with E-state index in [0.717, 1.165) is 41.9 Å². The molecule has 162 valence electrons. The smallest absolute Gasteiger partial charge is 0.193 e. The fourth-order valence-corrected chi connectivity index (χ4v) is 4.18. The van der Waals surface area contributed by atoms with Crippen LogP contribution in [0.25, 0.3) is 10.6 Å². The van der Waals surface area contributed by atoms with Crippen LogP contribution in [0.3, 0.4) is 0 Å². The molecule has 1 N–H and O–H groups in total. The Balaban J connectivity index is 0.00000320. The predicted molar refractivity (Wildman–Crippen MR) is 137 cm³/mol. The first-order valence-electron chi connectivity index (χ1n) is 9.92. The topological polar surface area (TPSA) is 58.3 Å². The van der Waals surface area contributed by atoms with E-state index in [0.29, 0.717) is 5.92 Å². The minimum atomic E-state index is 0. The average Bonchev–Trinajstić information content (AvgIpc) is 3.32. The molecule has 1 aromatic carbocycles. The Bertz CT molecular complexity index is 948. The molecule has 0 fully saturated rings. The number of nitrogens with zero attached hydrogens (tertiary/aromatic N) is 5. The molecule has 0 aliphatic heterocycles. The number of hydrogen-bond donors (Lipinski definition) is 1. The Hall–Kier alpha value is -1.94. The summed E-state index contributed by atoms with van der Waals surface area (Å²) < 4.78 is 1.89. The summed E-state index contributed by atoms with van der Waals surface area (Å²) >= 11 is 1.69. The molecule has 3 rings (SSSR count). The summed E-state index contributed by atoms with van der Waals surface area (Å²) in [5.74, 6) is 1.28. The Morgan fingerprint density at radius 3 is 2.67 bits per heavy atom. The highest BCUT2D eigenvalue weighted by molar-refractivity contribution is 14.0. The average molecular weight is 539 g/mol. The van der Waals surface area contributed by atoms with Gasteiger partial charge in [0, 0.05) is 63.4 Å². The van der Waals surface area contributed by atoms with Crippen molar-refractivity contribution >= 4 is 41.3 Å². The van der Waals surface area contributed by atoms with Crippen molar-refractivity contribution in [1.82, 2.24) is 25.0 Å². The molecule has 2 aromatic heterocycles. The zero-order valence-electron chi connectivity index (χ0n) is 18.3. The number of benzene rings is 1. The largest absolute Gasteiger partial charge is 0.356 e. The van der Waals surface area contributed by atoms with Crippen LogP contribution in [0.2, 0.25) is 0 Å². The molecule has 0 amide bonds. The maximum atomic E-state index is 4.76. The molecule has 3 aromatic rings. The van der Waals surface area contributed by atoms with Crippen LogP contribution in [0.1, 0.15) is 36.7 Å². The molecule has 0 saturated heterocycles. The van der Waals surface area contributed by atoms with Crippen molar-refractivity contribution < 1.29 is 0 Å². The highest BCUT2D eigenvalue weighted by Crippen LogP contribution is 2.23. The highest BCUT2D eigenvalue weighted by atomic mass is 127. The van der Waals surface area contributed by atoms with Gasteiger partial charge < -0.3 is 10.2 Å². The molecule has 0 atom stereocenters. The van der Waals surface area contributed by atoms with Crippen LogP contribution < -0.4 is 5.32 Å². The number of halogens is 1. The summed E-state index contributed by atoms with van der Waals surface area (Å²) in [6, 6.07) is 10.3. The van der Waals surface area contributed by atoms with E-state index in [2.05, 4.69) is 64.9 Å². The van der Waals surface area contributed by atoms with Crippen LogP contribution in [0, 0.1) is 0 Å². The van der Waals surface area contributed by atoms with Crippen LogP contribution in [0.5, 0.6) is 0 Å². The lowest BCUT2D eigenvalue weighted by Crippen LogP contribution is -2.39. The quantitative estimate of drug-likeness (QED) is 0.273. The first-order chi connectivity index (χ1) is 14.0. The van der Waals surface area contributed by atoms with Crippen LogP contribution in [0.4, 0.5) is 0 Å². The Labute approximate surface area is 200 Å². The number of aryl methyl sites for hydroxylation is 1. The summed E-state index contributed by atoms with van der Waals surface area (Å²) in [5.41, 5.74) is 4.66. The number of rotatable bonds is 7. The van der Waals surface area contributed by atoms with Gasteiger partial charge in [0.15, 0.2) is 5.96 Å². The lowest BCUT2D eigenvalue weighted by molar-refractivity contribution is 0.473. The lowest BCUT2D eigenvalue weighted by Gasteiger charge is -2.22. The second-order valence-corrected chi connectivity index (χ2v) is 8.32. The van der Waals surface area contributed by atoms with E-state index in [1.807, 2.05) is 37.0 Å². The van der Waals surface area contributed by atoms with Gasteiger partial charge in [-0.1, -0.05) is 44.2 Å². The summed E-state index contributed by atoms with van der Waals surface area (Å²) in [4.78, 5) is 11.3. The molecule has 30 heavy (non-hydrogen) atoms. The first kappa shape index (κ1) is 24.3. The van der Waals surface area contributed by atoms with Gasteiger partial charge in [-0.25, -0.2) is 4.98 Å². The molecule has 8 heteroatoms. The number of aliphatic imine (C=N–C) groups is 1. The maximum absolute atomic E-state index is 4.76. The van der Waals surface area contributed by atoms with Gasteiger partial charge in [0.2, 0.25) is 0 Å². The van der Waals surface area contributed by atoms with E-state index in [1.54, 1.807) is 11.3 Å². The van der Waals surface area contributed by atoms with Gasteiger partial charge in [-0.15, -0.1) is 35.3 Å². The summed E-state index contributed by atoms with van der Waals surface area (Å²) in [6.45, 7) is 5.92. The zero-order chi connectivity index (χ0) is 20.8. The van der Waals surface area contributed by atoms with Crippen molar-refractivity contribution in [2.75, 3.05) is 20.6 Å². The van der Waals surface area contributed by atoms with E-state index in [4.69, 9.17) is 4.98 Å². The fraction of sp³-hybridized carbons (Fsp3) is 0.409. The monoisotopic (exact) mass is 538 g/mol. The molecule has 0 spiro atoms. The van der Waals surface area contributed by atoms with Gasteiger partial charge in [0.05, 0.1) is 11.4 Å². The van der Waals surface area contributed by atoms with Crippen molar-refractivity contribution in [3.63, 3.8) is 0 Å². The van der Waals surface area contributed by atoms with E-state index >= 15 is 0 Å². The van der Waals surface area contributed by atoms with Gasteiger partial charge in [-0.3, -0.25) is 9.67 Å². The third-order valence-electron chi connectivity index (χ3n) is 4.70. The molecule has 0 aliphatic carbocycles. The van der Waals surface area contributed by atoms with Crippen molar-refractivity contribution in [3.05, 3.63) is 58.9 Å². The van der Waals surface area contributed by atoms with Gasteiger partial charge in [-0.05, 0) is 5.92 Å². The molecule has 0 radical (unpaired) electrons. The van der Waals surface area contributed by atoms with Crippen LogP contribution in [-0.4, -0.2) is 46.3 Å². The van der Waals surface area contributed by atoms with Crippen molar-refractivity contribution in [1.29, 1.82) is 0 Å². The van der Waals surface area contributed by atoms with Crippen molar-refractivity contribution in [2.24, 2.45) is 12.0 Å². The minimum absolute atomic E-state index is 0. The predicted octanol–water partition coefficient (Wildman–Crippen LogP) is 4.53. The van der Waals surface area contributed by atoms with Gasteiger partial charge in [0.1, 0.15) is 5.01 Å². The molecular weight excluding hydrogens is 507 g/mol. The number of aromatic nitrogens is 3. The van der Waals surface area contributed by atoms with Gasteiger partial charge in [-0.2, -0.15) is 5.10 Å². The molecule has 2 heterocycles. The molecule has 6 nitrogen and oxygen atoms in total. The standard InChI is InChI=1S/C22H30N6S.HI/c1-16(2)20-18(14-28(5)26-20)13-27(4)22(23-3)24-12-11-19-15-29-21(25-19)17-9-7-6-8-10-17;/h6-10,14-16H,11-13H2,1-5H3,(H,23,24);1H. The van der Waals surface area contributed by atoms with Crippen LogP contribution in [-0.2, 0) is 20.0 Å². The Morgan fingerprint density at radius 2 is 2.00 bits per heavy atom. The minimum Gasteiger partial charge on any atom is -0.356 e. The van der Waals surface area contributed by atoms with E-state index < -0.39 is 0 Å². The highest BCUT2D eigenvalue weighted by Gasteiger charge is 2.15. The molecule has 0 saturated carbocycles. The molecule has 0 unspecified atom stereocenters. The summed E-state index contributed by atoms with van der Waals surface area (Å²) in [7, 11) is 5.85. The van der Waals surface area contributed by atoms with Crippen molar-refractivity contribution in [2.45, 2.75) is 32.7 Å². The second kappa shape index (κ2) is 11.5. The lowest BCUT2D eigenvalue weighted by atomic mass is 10.1. The third-order valence-corrected chi connectivity index (χ3v) is 5.64. The van der Waals surface area contributed by atoms with Crippen LogP contribution in [0.15, 0.2) is 46.9 Å². The van der Waals surface area contributed by atoms with Gasteiger partial charge in [0.25, 0.3) is 0 Å². The SMILES string of the molecule is CN=C(NCCc1csc(-c2ccccc2)n1)N(C)Cc1cn(C)nc1C(C)C.I. The van der Waals surface area contributed by atoms with E-state index in [9.17, 15) is 0 Å². The second-order valence-electron chi connectivity index (χ2n) is 7.46. The zero-order valence-corrected chi connectivity index (χ0v) is 21.4. The van der Waals surface area contributed by atoms with Gasteiger partial charge >= 0.3 is 0 Å². The number of nitrogens with one attached hydrogen (secondary N) is 1. The van der Waals surface area contributed by atoms with E-state index in [1.165, 1.54) is 11.1 Å².